The second-order valence-electron chi connectivity index (χ2n) is 15.7. The predicted octanol–water partition coefficient (Wildman–Crippen LogP) is 3.73. The van der Waals surface area contributed by atoms with Gasteiger partial charge in [-0.15, -0.1) is 0 Å². The standard InChI is InChI=1S/C44H86N4O6S2.2Na/c1-3-5-7-9-11-13-15-17-19-21-23-25-27-29-31-33-35-45-43(53)47-39(41(49)50)37-55-56-38-40(42(51)52)48-44(54)46-36-34-32-30-28-26-24-22-20-18-16-14-12-10-8-6-4-2;;/h39-40H,3-38H2,1-2H3,(H,49,50)(H,51,52)(H2,45,47,53)(H2,46,48,54);;/q;2*+1/p-2. The molecule has 0 spiro atoms. The third-order valence-electron chi connectivity index (χ3n) is 10.4. The van der Waals surface area contributed by atoms with Crippen molar-refractivity contribution in [3.8, 4) is 0 Å². The van der Waals surface area contributed by atoms with E-state index in [4.69, 9.17) is 0 Å². The summed E-state index contributed by atoms with van der Waals surface area (Å²) >= 11 is 0. The van der Waals surface area contributed by atoms with E-state index in [0.29, 0.717) is 13.1 Å². The maximum atomic E-state index is 12.3. The minimum Gasteiger partial charge on any atom is -0.548 e. The van der Waals surface area contributed by atoms with Gasteiger partial charge in [-0.3, -0.25) is 0 Å². The van der Waals surface area contributed by atoms with Crippen LogP contribution in [0, 0.1) is 0 Å². The molecule has 0 aromatic rings. The molecule has 0 aliphatic heterocycles. The Morgan fingerprint density at radius 1 is 0.379 bits per heavy atom. The van der Waals surface area contributed by atoms with Gasteiger partial charge in [0.25, 0.3) is 0 Å². The molecule has 0 saturated heterocycles. The van der Waals surface area contributed by atoms with Crippen molar-refractivity contribution in [2.45, 2.75) is 231 Å². The van der Waals surface area contributed by atoms with E-state index in [1.165, 1.54) is 167 Å². The molecule has 2 atom stereocenters. The number of urea groups is 2. The Morgan fingerprint density at radius 2 is 0.586 bits per heavy atom. The van der Waals surface area contributed by atoms with Crippen LogP contribution in [0.3, 0.4) is 0 Å². The van der Waals surface area contributed by atoms with Crippen LogP contribution in [0.15, 0.2) is 0 Å². The summed E-state index contributed by atoms with van der Waals surface area (Å²) in [5, 5.41) is 33.5. The fourth-order valence-corrected chi connectivity index (χ4v) is 9.04. The SMILES string of the molecule is CCCCCCCCCCCCCCCCCCNC(=O)NC(CSSCC(NC(=O)NCCCCCCCCCCCCCCCCCC)C(=O)[O-])C(=O)[O-].[Na+].[Na+]. The van der Waals surface area contributed by atoms with E-state index in [0.717, 1.165) is 60.1 Å². The Bertz CT molecular complexity index is 873. The molecule has 14 heteroatoms. The first-order chi connectivity index (χ1) is 27.3. The zero-order valence-electron chi connectivity index (χ0n) is 37.9. The molecule has 0 rings (SSSR count). The second kappa shape index (κ2) is 49.8. The molecule has 0 radical (unpaired) electrons. The van der Waals surface area contributed by atoms with Crippen LogP contribution < -0.4 is 90.6 Å². The molecule has 0 saturated carbocycles. The molecule has 330 valence electrons. The molecule has 0 bridgehead atoms. The minimum absolute atomic E-state index is 0. The number of hydrogen-bond donors (Lipinski definition) is 4. The molecular formula is C44H84N4Na2O6S2. The summed E-state index contributed by atoms with van der Waals surface area (Å²) in [5.41, 5.74) is 0. The van der Waals surface area contributed by atoms with E-state index in [1.54, 1.807) is 0 Å². The normalized spacial score (nSPS) is 11.8. The first kappa shape index (κ1) is 62.5. The van der Waals surface area contributed by atoms with E-state index < -0.39 is 36.1 Å². The number of nitrogens with one attached hydrogen (secondary N) is 4. The number of rotatable bonds is 43. The molecule has 0 aliphatic rings. The molecular weight excluding hydrogens is 791 g/mol. The van der Waals surface area contributed by atoms with Crippen molar-refractivity contribution in [3.05, 3.63) is 0 Å². The Hall–Kier alpha value is 0.180. The number of aliphatic carboxylic acids is 2. The van der Waals surface area contributed by atoms with Crippen molar-refractivity contribution >= 4 is 45.6 Å². The first-order valence-corrected chi connectivity index (χ1v) is 25.5. The van der Waals surface area contributed by atoms with E-state index in [2.05, 4.69) is 35.1 Å². The molecule has 0 fully saturated rings. The second-order valence-corrected chi connectivity index (χ2v) is 18.3. The summed E-state index contributed by atoms with van der Waals surface area (Å²) in [6, 6.07) is -3.62. The molecule has 10 nitrogen and oxygen atoms in total. The molecule has 0 aromatic carbocycles. The van der Waals surface area contributed by atoms with Crippen LogP contribution >= 0.6 is 21.6 Å². The smallest absolute Gasteiger partial charge is 0.548 e. The molecule has 0 aromatic heterocycles. The first-order valence-electron chi connectivity index (χ1n) is 23.1. The van der Waals surface area contributed by atoms with Crippen LogP contribution in [0.25, 0.3) is 0 Å². The number of carbonyl (C=O) groups excluding carboxylic acids is 4. The van der Waals surface area contributed by atoms with Gasteiger partial charge in [0, 0.05) is 24.6 Å². The minimum atomic E-state index is -1.42. The van der Waals surface area contributed by atoms with Crippen molar-refractivity contribution in [2.75, 3.05) is 24.6 Å². The molecule has 0 heterocycles. The van der Waals surface area contributed by atoms with Crippen molar-refractivity contribution in [1.29, 1.82) is 0 Å². The van der Waals surface area contributed by atoms with Crippen LogP contribution in [0.4, 0.5) is 9.59 Å². The van der Waals surface area contributed by atoms with Gasteiger partial charge in [0.15, 0.2) is 0 Å². The zero-order chi connectivity index (χ0) is 41.2. The van der Waals surface area contributed by atoms with E-state index in [9.17, 15) is 29.4 Å². The third kappa shape index (κ3) is 45.7. The summed E-state index contributed by atoms with van der Waals surface area (Å²) in [5.74, 6) is -2.88. The summed E-state index contributed by atoms with van der Waals surface area (Å²) in [7, 11) is 2.17. The van der Waals surface area contributed by atoms with Crippen LogP contribution in [0.2, 0.25) is 0 Å². The van der Waals surface area contributed by atoms with Crippen LogP contribution in [0.1, 0.15) is 219 Å². The largest absolute Gasteiger partial charge is 1.00 e. The average molecular weight is 875 g/mol. The van der Waals surface area contributed by atoms with Crippen molar-refractivity contribution in [2.24, 2.45) is 0 Å². The fourth-order valence-electron chi connectivity index (χ4n) is 6.74. The molecule has 2 unspecified atom stereocenters. The quantitative estimate of drug-likeness (QED) is 0.0410. The van der Waals surface area contributed by atoms with Gasteiger partial charge in [0.2, 0.25) is 0 Å². The summed E-state index contributed by atoms with van der Waals surface area (Å²) in [6.07, 6.45) is 40.7. The van der Waals surface area contributed by atoms with Crippen LogP contribution in [0.5, 0.6) is 0 Å². The summed E-state index contributed by atoms with van der Waals surface area (Å²) < 4.78 is 0. The van der Waals surface area contributed by atoms with Gasteiger partial charge < -0.3 is 41.1 Å². The van der Waals surface area contributed by atoms with E-state index >= 15 is 0 Å². The van der Waals surface area contributed by atoms with Gasteiger partial charge >= 0.3 is 71.2 Å². The van der Waals surface area contributed by atoms with Gasteiger partial charge in [0.05, 0.1) is 24.0 Å². The Morgan fingerprint density at radius 3 is 0.793 bits per heavy atom. The summed E-state index contributed by atoms with van der Waals surface area (Å²) in [6.45, 7) is 5.45. The summed E-state index contributed by atoms with van der Waals surface area (Å²) in [4.78, 5) is 47.7. The molecule has 4 N–H and O–H groups in total. The van der Waals surface area contributed by atoms with Crippen molar-refractivity contribution in [3.63, 3.8) is 0 Å². The van der Waals surface area contributed by atoms with Gasteiger partial charge in [-0.1, -0.05) is 228 Å². The van der Waals surface area contributed by atoms with Crippen LogP contribution in [-0.2, 0) is 9.59 Å². The molecule has 4 amide bonds. The van der Waals surface area contributed by atoms with Gasteiger partial charge in [-0.25, -0.2) is 9.59 Å². The van der Waals surface area contributed by atoms with Gasteiger partial charge in [0.1, 0.15) is 0 Å². The fraction of sp³-hybridized carbons (Fsp3) is 0.909. The maximum Gasteiger partial charge on any atom is 1.00 e. The monoisotopic (exact) mass is 875 g/mol. The Balaban J connectivity index is -0.0000151. The maximum absolute atomic E-state index is 12.3. The average Bonchev–Trinajstić information content (AvgIpc) is 3.17. The number of carbonyl (C=O) groups is 4. The topological polar surface area (TPSA) is 163 Å². The zero-order valence-corrected chi connectivity index (χ0v) is 43.5. The van der Waals surface area contributed by atoms with Crippen LogP contribution in [-0.4, -0.2) is 60.7 Å². The van der Waals surface area contributed by atoms with E-state index in [1.807, 2.05) is 0 Å². The van der Waals surface area contributed by atoms with Gasteiger partial charge in [-0.05, 0) is 12.8 Å². The number of unbranched alkanes of at least 4 members (excludes halogenated alkanes) is 30. The van der Waals surface area contributed by atoms with Crippen molar-refractivity contribution < 1.29 is 88.5 Å². The predicted molar refractivity (Wildman–Crippen MR) is 235 cm³/mol. The molecule has 0 aliphatic carbocycles. The number of carboxylic acids is 2. The van der Waals surface area contributed by atoms with E-state index in [-0.39, 0.29) is 70.6 Å². The third-order valence-corrected chi connectivity index (χ3v) is 12.8. The Kier molecular flexibility index (Phi) is 53.7. The number of amides is 4. The number of hydrogen-bond acceptors (Lipinski definition) is 8. The van der Waals surface area contributed by atoms with Gasteiger partial charge in [-0.2, -0.15) is 0 Å². The number of carboxylic acid groups (broad SMARTS) is 2. The van der Waals surface area contributed by atoms with Crippen molar-refractivity contribution in [1.82, 2.24) is 21.3 Å². The molecule has 58 heavy (non-hydrogen) atoms. The Labute approximate surface area is 407 Å².